The van der Waals surface area contributed by atoms with E-state index in [1.54, 1.807) is 14.2 Å². The monoisotopic (exact) mass is 529 g/mol. The summed E-state index contributed by atoms with van der Waals surface area (Å²) in [4.78, 5) is 22.7. The molecule has 2 atom stereocenters. The number of nitrogens with zero attached hydrogens (tertiary/aromatic N) is 3. The number of methoxy groups -OCH3 is 2. The van der Waals surface area contributed by atoms with Crippen molar-refractivity contribution in [3.05, 3.63) is 58.7 Å². The molecule has 2 aromatic rings. The van der Waals surface area contributed by atoms with Gasteiger partial charge in [-0.1, -0.05) is 12.1 Å². The lowest BCUT2D eigenvalue weighted by atomic mass is 9.79. The van der Waals surface area contributed by atoms with Gasteiger partial charge < -0.3 is 24.0 Å². The normalized spacial score (nSPS) is 18.8. The summed E-state index contributed by atoms with van der Waals surface area (Å²) in [5.74, 6) is 1.81. The molecule has 202 valence electrons. The molecule has 0 radical (unpaired) electrons. The van der Waals surface area contributed by atoms with Crippen LogP contribution in [0.25, 0.3) is 0 Å². The van der Waals surface area contributed by atoms with Crippen LogP contribution in [0.1, 0.15) is 60.2 Å². The zero-order valence-corrected chi connectivity index (χ0v) is 23.6. The summed E-state index contributed by atoms with van der Waals surface area (Å²) in [7, 11) is 5.50. The van der Waals surface area contributed by atoms with Crippen molar-refractivity contribution < 1.29 is 19.0 Å². The zero-order chi connectivity index (χ0) is 25.8. The molecule has 7 nitrogen and oxygen atoms in total. The van der Waals surface area contributed by atoms with Crippen molar-refractivity contribution in [2.45, 2.75) is 45.2 Å². The molecule has 0 bridgehead atoms. The number of carbonyl (C=O) groups is 1. The number of halogens is 1. The van der Waals surface area contributed by atoms with Gasteiger partial charge in [0.05, 0.1) is 32.1 Å². The molecule has 0 aliphatic carbocycles. The number of benzene rings is 2. The van der Waals surface area contributed by atoms with E-state index in [2.05, 4.69) is 24.1 Å². The molecule has 2 aliphatic heterocycles. The highest BCUT2D eigenvalue weighted by atomic mass is 35.5. The second kappa shape index (κ2) is 12.8. The second-order valence-electron chi connectivity index (χ2n) is 9.89. The molecule has 0 N–H and O–H groups in total. The number of rotatable bonds is 9. The molecule has 1 fully saturated rings. The van der Waals surface area contributed by atoms with Gasteiger partial charge in [0.15, 0.2) is 11.5 Å². The van der Waals surface area contributed by atoms with E-state index < -0.39 is 0 Å². The molecule has 8 heteroatoms. The minimum absolute atomic E-state index is 0. The van der Waals surface area contributed by atoms with Crippen LogP contribution in [0.3, 0.4) is 0 Å². The van der Waals surface area contributed by atoms with Crippen molar-refractivity contribution in [2.24, 2.45) is 4.99 Å². The Kier molecular flexibility index (Phi) is 9.99. The Balaban J connectivity index is 0.00000380. The van der Waals surface area contributed by atoms with E-state index in [1.165, 1.54) is 5.56 Å². The lowest BCUT2D eigenvalue weighted by Crippen LogP contribution is -2.42. The number of fused-ring (bicyclic) bond motifs is 3. The fourth-order valence-corrected chi connectivity index (χ4v) is 5.26. The number of hydrogen-bond donors (Lipinski definition) is 0. The molecule has 1 saturated heterocycles. The molecule has 0 aromatic heterocycles. The van der Waals surface area contributed by atoms with E-state index in [4.69, 9.17) is 19.2 Å². The molecule has 4 rings (SSSR count). The minimum Gasteiger partial charge on any atom is -0.493 e. The van der Waals surface area contributed by atoms with E-state index in [0.29, 0.717) is 37.0 Å². The first-order chi connectivity index (χ1) is 17.4. The lowest BCUT2D eigenvalue weighted by Gasteiger charge is -2.39. The van der Waals surface area contributed by atoms with E-state index in [-0.39, 0.29) is 30.4 Å². The summed E-state index contributed by atoms with van der Waals surface area (Å²) >= 11 is 0. The number of ether oxygens (including phenoxy) is 3. The van der Waals surface area contributed by atoms with Gasteiger partial charge in [-0.3, -0.25) is 9.79 Å². The highest BCUT2D eigenvalue weighted by Gasteiger charge is 2.36. The van der Waals surface area contributed by atoms with Crippen molar-refractivity contribution in [1.29, 1.82) is 0 Å². The summed E-state index contributed by atoms with van der Waals surface area (Å²) in [6.45, 7) is 9.69. The number of likely N-dealkylation sites (tertiary alicyclic amines) is 1. The molecule has 0 unspecified atom stereocenters. The van der Waals surface area contributed by atoms with Gasteiger partial charge >= 0.3 is 0 Å². The first kappa shape index (κ1) is 29.0. The number of amides is 1. The highest BCUT2D eigenvalue weighted by Crippen LogP contribution is 2.42. The fraction of sp³-hybridized carbons (Fsp3) is 0.517. The highest BCUT2D eigenvalue weighted by molar-refractivity contribution is 6.15. The second-order valence-corrected chi connectivity index (χ2v) is 9.89. The number of carbonyl (C=O) groups excluding carboxylic acids is 1. The largest absolute Gasteiger partial charge is 0.493 e. The minimum atomic E-state index is 0. The van der Waals surface area contributed by atoms with Gasteiger partial charge in [0.2, 0.25) is 0 Å². The SMILES string of the molecule is CCOc1cc2c(cc1OC)C(c1ccc(C(=O)N(CCOC)C(C)C)cc1)=N[C@@H]1CCN(C)C[C@H]21.Cl. The van der Waals surface area contributed by atoms with Crippen LogP contribution in [0.2, 0.25) is 0 Å². The molecule has 37 heavy (non-hydrogen) atoms. The zero-order valence-electron chi connectivity index (χ0n) is 22.8. The third-order valence-corrected chi connectivity index (χ3v) is 7.19. The number of piperidine rings is 1. The molecule has 2 aliphatic rings. The van der Waals surface area contributed by atoms with Crippen molar-refractivity contribution >= 4 is 24.0 Å². The first-order valence-electron chi connectivity index (χ1n) is 12.9. The maximum atomic E-state index is 13.2. The maximum Gasteiger partial charge on any atom is 0.254 e. The fourth-order valence-electron chi connectivity index (χ4n) is 5.26. The molecule has 0 spiro atoms. The van der Waals surface area contributed by atoms with Gasteiger partial charge in [-0.25, -0.2) is 0 Å². The lowest BCUT2D eigenvalue weighted by molar-refractivity contribution is 0.0635. The van der Waals surface area contributed by atoms with E-state index in [1.807, 2.05) is 49.9 Å². The van der Waals surface area contributed by atoms with Gasteiger partial charge in [-0.2, -0.15) is 0 Å². The van der Waals surface area contributed by atoms with Crippen LogP contribution in [0, 0.1) is 0 Å². The van der Waals surface area contributed by atoms with Crippen LogP contribution in [0.5, 0.6) is 11.5 Å². The molecular weight excluding hydrogens is 490 g/mol. The van der Waals surface area contributed by atoms with Crippen LogP contribution >= 0.6 is 12.4 Å². The molecule has 2 aromatic carbocycles. The molecule has 2 heterocycles. The topological polar surface area (TPSA) is 63.6 Å². The predicted octanol–water partition coefficient (Wildman–Crippen LogP) is 4.65. The first-order valence-corrected chi connectivity index (χ1v) is 12.9. The Morgan fingerprint density at radius 1 is 1.16 bits per heavy atom. The smallest absolute Gasteiger partial charge is 0.254 e. The van der Waals surface area contributed by atoms with Crippen LogP contribution in [-0.2, 0) is 4.74 Å². The van der Waals surface area contributed by atoms with Crippen molar-refractivity contribution in [3.63, 3.8) is 0 Å². The van der Waals surface area contributed by atoms with E-state index >= 15 is 0 Å². The van der Waals surface area contributed by atoms with E-state index in [0.717, 1.165) is 42.1 Å². The number of hydrogen-bond acceptors (Lipinski definition) is 6. The van der Waals surface area contributed by atoms with Gasteiger partial charge in [0.1, 0.15) is 0 Å². The Morgan fingerprint density at radius 2 is 1.89 bits per heavy atom. The predicted molar refractivity (Wildman–Crippen MR) is 150 cm³/mol. The molecule has 1 amide bonds. The average Bonchev–Trinajstić information content (AvgIpc) is 2.88. The van der Waals surface area contributed by atoms with Crippen molar-refractivity contribution in [3.8, 4) is 11.5 Å². The van der Waals surface area contributed by atoms with Crippen LogP contribution < -0.4 is 9.47 Å². The van der Waals surface area contributed by atoms with E-state index in [9.17, 15) is 4.79 Å². The quantitative estimate of drug-likeness (QED) is 0.473. The van der Waals surface area contributed by atoms with Crippen molar-refractivity contribution in [1.82, 2.24) is 9.80 Å². The van der Waals surface area contributed by atoms with Gasteiger partial charge in [-0.15, -0.1) is 12.4 Å². The standard InChI is InChI=1S/C29H39N3O4.ClH/c1-7-36-27-16-22-23(17-26(27)35-6)28(30-25-12-13-31(4)18-24(22)25)20-8-10-21(11-9-20)29(33)32(19(2)3)14-15-34-5;/h8-11,16-17,19,24-25H,7,12-15,18H2,1-6H3;1H/t24-,25-;/m1./s1. The summed E-state index contributed by atoms with van der Waals surface area (Å²) in [5.41, 5.74) is 4.96. The third-order valence-electron chi connectivity index (χ3n) is 7.19. The van der Waals surface area contributed by atoms with Crippen molar-refractivity contribution in [2.75, 3.05) is 54.1 Å². The summed E-state index contributed by atoms with van der Waals surface area (Å²) in [6, 6.07) is 12.4. The summed E-state index contributed by atoms with van der Waals surface area (Å²) < 4.78 is 16.8. The van der Waals surface area contributed by atoms with Gasteiger partial charge in [0, 0.05) is 48.8 Å². The Morgan fingerprint density at radius 3 is 2.51 bits per heavy atom. The summed E-state index contributed by atoms with van der Waals surface area (Å²) in [6.07, 6.45) is 1.01. The van der Waals surface area contributed by atoms with Crippen LogP contribution in [-0.4, -0.2) is 87.6 Å². The number of likely N-dealkylation sites (N-methyl/N-ethyl adjacent to an activating group) is 1. The van der Waals surface area contributed by atoms with Crippen LogP contribution in [0.15, 0.2) is 41.4 Å². The summed E-state index contributed by atoms with van der Waals surface area (Å²) in [5, 5.41) is 0. The maximum absolute atomic E-state index is 13.2. The van der Waals surface area contributed by atoms with Gasteiger partial charge in [0.25, 0.3) is 5.91 Å². The van der Waals surface area contributed by atoms with Gasteiger partial charge in [-0.05, 0) is 70.6 Å². The Bertz CT molecular complexity index is 1100. The average molecular weight is 530 g/mol. The molecule has 0 saturated carbocycles. The molecular formula is C29H40ClN3O4. The Labute approximate surface area is 227 Å². The third kappa shape index (κ3) is 6.11. The van der Waals surface area contributed by atoms with Crippen LogP contribution in [0.4, 0.5) is 0 Å². The Hall–Kier alpha value is -2.61. The number of aliphatic imine (C=N–C) groups is 1.